The average molecular weight is 252 g/mol. The first-order valence-corrected chi connectivity index (χ1v) is 5.20. The number of hydrogen-bond donors (Lipinski definition) is 1. The quantitative estimate of drug-likeness (QED) is 0.637. The molecule has 6 heteroatoms. The molecule has 0 spiro atoms. The van der Waals surface area contributed by atoms with Crippen molar-refractivity contribution in [2.45, 2.75) is 0 Å². The number of carboxylic acids is 1. The van der Waals surface area contributed by atoms with E-state index in [1.54, 1.807) is 25.1 Å². The van der Waals surface area contributed by atoms with Gasteiger partial charge in [0, 0.05) is 14.1 Å². The first-order valence-electron chi connectivity index (χ1n) is 5.20. The molecular weight excluding hydrogens is 236 g/mol. The van der Waals surface area contributed by atoms with E-state index in [9.17, 15) is 9.90 Å². The number of carboxylic acid groups (broad SMARTS) is 1. The molecule has 0 fully saturated rings. The van der Waals surface area contributed by atoms with Crippen LogP contribution in [0.15, 0.2) is 17.1 Å². The Morgan fingerprint density at radius 2 is 1.83 bits per heavy atom. The van der Waals surface area contributed by atoms with Gasteiger partial charge >= 0.3 is 5.97 Å². The maximum absolute atomic E-state index is 11.3. The Labute approximate surface area is 105 Å². The van der Waals surface area contributed by atoms with Gasteiger partial charge in [-0.05, 0) is 12.1 Å². The summed E-state index contributed by atoms with van der Waals surface area (Å²) in [5, 5.41) is 9.24. The van der Waals surface area contributed by atoms with E-state index < -0.39 is 5.97 Å². The molecule has 1 aromatic rings. The molecule has 1 rings (SSSR count). The van der Waals surface area contributed by atoms with E-state index in [1.165, 1.54) is 26.6 Å². The molecule has 6 nitrogen and oxygen atoms in total. The standard InChI is InChI=1S/C12H16N2O4/c1-14(2)7-13-11-9(18-4)6-5-8(17-3)10(11)12(15)16/h5-7H,1-4H3,(H,15,16)/b13-7+. The summed E-state index contributed by atoms with van der Waals surface area (Å²) >= 11 is 0. The molecule has 0 atom stereocenters. The van der Waals surface area contributed by atoms with Crippen molar-refractivity contribution in [2.24, 2.45) is 4.99 Å². The highest BCUT2D eigenvalue weighted by Gasteiger charge is 2.20. The first-order chi connectivity index (χ1) is 8.51. The van der Waals surface area contributed by atoms with Gasteiger partial charge in [0.1, 0.15) is 22.7 Å². The number of carbonyl (C=O) groups is 1. The minimum Gasteiger partial charge on any atom is -0.496 e. The lowest BCUT2D eigenvalue weighted by Gasteiger charge is -2.12. The predicted molar refractivity (Wildman–Crippen MR) is 68.3 cm³/mol. The fourth-order valence-corrected chi connectivity index (χ4v) is 1.40. The van der Waals surface area contributed by atoms with Gasteiger partial charge in [0.15, 0.2) is 0 Å². The van der Waals surface area contributed by atoms with Crippen molar-refractivity contribution in [1.82, 2.24) is 4.90 Å². The summed E-state index contributed by atoms with van der Waals surface area (Å²) in [4.78, 5) is 17.1. The Kier molecular flexibility index (Phi) is 4.53. The molecule has 0 radical (unpaired) electrons. The summed E-state index contributed by atoms with van der Waals surface area (Å²) in [5.74, 6) is -0.489. The summed E-state index contributed by atoms with van der Waals surface area (Å²) in [6.45, 7) is 0. The molecule has 0 unspecified atom stereocenters. The monoisotopic (exact) mass is 252 g/mol. The minimum absolute atomic E-state index is 0.0186. The van der Waals surface area contributed by atoms with Crippen LogP contribution in [0.1, 0.15) is 10.4 Å². The van der Waals surface area contributed by atoms with Gasteiger partial charge in [0.25, 0.3) is 0 Å². The lowest BCUT2D eigenvalue weighted by Crippen LogP contribution is -2.08. The number of hydrogen-bond acceptors (Lipinski definition) is 4. The first kappa shape index (κ1) is 13.8. The molecule has 0 aromatic heterocycles. The number of ether oxygens (including phenoxy) is 2. The molecule has 1 aromatic carbocycles. The molecule has 0 saturated heterocycles. The van der Waals surface area contributed by atoms with Crippen molar-refractivity contribution in [1.29, 1.82) is 0 Å². The number of rotatable bonds is 5. The highest BCUT2D eigenvalue weighted by Crippen LogP contribution is 2.37. The van der Waals surface area contributed by atoms with Crippen LogP contribution in [-0.2, 0) is 0 Å². The second-order valence-electron chi connectivity index (χ2n) is 3.71. The normalized spacial score (nSPS) is 10.4. The Balaban J connectivity index is 3.45. The van der Waals surface area contributed by atoms with Crippen molar-refractivity contribution in [2.75, 3.05) is 28.3 Å². The third-order valence-corrected chi connectivity index (χ3v) is 2.17. The van der Waals surface area contributed by atoms with Gasteiger partial charge in [-0.3, -0.25) is 0 Å². The smallest absolute Gasteiger partial charge is 0.341 e. The van der Waals surface area contributed by atoms with Crippen LogP contribution in [0.5, 0.6) is 11.5 Å². The van der Waals surface area contributed by atoms with Gasteiger partial charge in [-0.25, -0.2) is 9.79 Å². The SMILES string of the molecule is COc1ccc(OC)c(C(=O)O)c1/N=C/N(C)C. The minimum atomic E-state index is -1.11. The predicted octanol–water partition coefficient (Wildman–Crippen LogP) is 1.62. The molecule has 0 heterocycles. The molecule has 0 amide bonds. The van der Waals surface area contributed by atoms with E-state index >= 15 is 0 Å². The van der Waals surface area contributed by atoms with Crippen molar-refractivity contribution >= 4 is 18.0 Å². The zero-order valence-electron chi connectivity index (χ0n) is 10.8. The van der Waals surface area contributed by atoms with E-state index in [1.807, 2.05) is 0 Å². The maximum atomic E-state index is 11.3. The number of aromatic carboxylic acids is 1. The van der Waals surface area contributed by atoms with Crippen molar-refractivity contribution in [3.05, 3.63) is 17.7 Å². The molecule has 98 valence electrons. The largest absolute Gasteiger partial charge is 0.496 e. The lowest BCUT2D eigenvalue weighted by atomic mass is 10.1. The second-order valence-corrected chi connectivity index (χ2v) is 3.71. The molecule has 0 aliphatic heterocycles. The Morgan fingerprint density at radius 1 is 1.28 bits per heavy atom. The van der Waals surface area contributed by atoms with Gasteiger partial charge < -0.3 is 19.5 Å². The van der Waals surface area contributed by atoms with Gasteiger partial charge in [-0.2, -0.15) is 0 Å². The maximum Gasteiger partial charge on any atom is 0.341 e. The van der Waals surface area contributed by atoms with Crippen LogP contribution in [0.2, 0.25) is 0 Å². The van der Waals surface area contributed by atoms with Crippen molar-refractivity contribution in [3.63, 3.8) is 0 Å². The third kappa shape index (κ3) is 2.91. The summed E-state index contributed by atoms with van der Waals surface area (Å²) < 4.78 is 10.1. The van der Waals surface area contributed by atoms with Crippen LogP contribution in [-0.4, -0.2) is 50.6 Å². The summed E-state index contributed by atoms with van der Waals surface area (Å²) in [6, 6.07) is 3.16. The van der Waals surface area contributed by atoms with Crippen LogP contribution in [0.3, 0.4) is 0 Å². The van der Waals surface area contributed by atoms with Crippen LogP contribution in [0.25, 0.3) is 0 Å². The van der Waals surface area contributed by atoms with E-state index in [4.69, 9.17) is 9.47 Å². The summed E-state index contributed by atoms with van der Waals surface area (Å²) in [6.07, 6.45) is 1.50. The molecule has 0 bridgehead atoms. The van der Waals surface area contributed by atoms with Crippen LogP contribution >= 0.6 is 0 Å². The van der Waals surface area contributed by atoms with Crippen molar-refractivity contribution < 1.29 is 19.4 Å². The Hall–Kier alpha value is -2.24. The highest BCUT2D eigenvalue weighted by atomic mass is 16.5. The number of benzene rings is 1. The van der Waals surface area contributed by atoms with Crippen molar-refractivity contribution in [3.8, 4) is 11.5 Å². The fourth-order valence-electron chi connectivity index (χ4n) is 1.40. The molecule has 1 N–H and O–H groups in total. The number of aliphatic imine (C=N–C) groups is 1. The van der Waals surface area contributed by atoms with E-state index in [-0.39, 0.29) is 17.0 Å². The van der Waals surface area contributed by atoms with Crippen LogP contribution in [0, 0.1) is 0 Å². The second kappa shape index (κ2) is 5.90. The van der Waals surface area contributed by atoms with Gasteiger partial charge in [-0.1, -0.05) is 0 Å². The number of nitrogens with zero attached hydrogens (tertiary/aromatic N) is 2. The van der Waals surface area contributed by atoms with E-state index in [0.717, 1.165) is 0 Å². The Bertz CT molecular complexity index is 469. The fraction of sp³-hybridized carbons (Fsp3) is 0.333. The summed E-state index contributed by atoms with van der Waals surface area (Å²) in [5.41, 5.74) is 0.216. The van der Waals surface area contributed by atoms with Crippen LogP contribution < -0.4 is 9.47 Å². The molecular formula is C12H16N2O4. The van der Waals surface area contributed by atoms with Gasteiger partial charge in [0.2, 0.25) is 0 Å². The Morgan fingerprint density at radius 3 is 2.28 bits per heavy atom. The molecule has 0 aliphatic carbocycles. The van der Waals surface area contributed by atoms with Gasteiger partial charge in [-0.15, -0.1) is 0 Å². The zero-order valence-corrected chi connectivity index (χ0v) is 10.8. The molecule has 0 saturated carbocycles. The highest BCUT2D eigenvalue weighted by molar-refractivity contribution is 5.98. The van der Waals surface area contributed by atoms with Gasteiger partial charge in [0.05, 0.1) is 20.6 Å². The topological polar surface area (TPSA) is 71.4 Å². The molecule has 0 aliphatic rings. The van der Waals surface area contributed by atoms with E-state index in [2.05, 4.69) is 4.99 Å². The summed E-state index contributed by atoms with van der Waals surface area (Å²) in [7, 11) is 6.45. The third-order valence-electron chi connectivity index (χ3n) is 2.17. The van der Waals surface area contributed by atoms with E-state index in [0.29, 0.717) is 5.75 Å². The number of methoxy groups -OCH3 is 2. The zero-order chi connectivity index (χ0) is 13.7. The average Bonchev–Trinajstić information content (AvgIpc) is 2.34. The molecule has 18 heavy (non-hydrogen) atoms. The lowest BCUT2D eigenvalue weighted by molar-refractivity contribution is 0.0694. The van der Waals surface area contributed by atoms with Crippen LogP contribution in [0.4, 0.5) is 5.69 Å².